The van der Waals surface area contributed by atoms with Gasteiger partial charge in [-0.3, -0.25) is 19.8 Å². The third-order valence-electron chi connectivity index (χ3n) is 3.51. The molecule has 1 aromatic rings. The largest absolute Gasteiger partial charge is 0.468 e. The van der Waals surface area contributed by atoms with Crippen LogP contribution >= 0.6 is 0 Å². The molecule has 0 aliphatic carbocycles. The first-order valence-electron chi connectivity index (χ1n) is 6.24. The molecule has 1 aliphatic heterocycles. The summed E-state index contributed by atoms with van der Waals surface area (Å²) in [5.74, 6) is 0.0214. The number of hydrogen-bond donors (Lipinski definition) is 2. The second kappa shape index (κ2) is 4.79. The van der Waals surface area contributed by atoms with E-state index in [2.05, 4.69) is 5.32 Å². The summed E-state index contributed by atoms with van der Waals surface area (Å²) in [5.41, 5.74) is 5.21. The van der Waals surface area contributed by atoms with Gasteiger partial charge in [-0.15, -0.1) is 0 Å². The highest BCUT2D eigenvalue weighted by molar-refractivity contribution is 6.03. The molecule has 1 saturated heterocycles. The summed E-state index contributed by atoms with van der Waals surface area (Å²) in [6.45, 7) is 5.49. The summed E-state index contributed by atoms with van der Waals surface area (Å²) in [6.07, 6.45) is 1.56. The zero-order chi connectivity index (χ0) is 14.2. The molecule has 2 rings (SSSR count). The predicted molar refractivity (Wildman–Crippen MR) is 69.0 cm³/mol. The number of furan rings is 1. The molecule has 6 nitrogen and oxygen atoms in total. The van der Waals surface area contributed by atoms with Crippen molar-refractivity contribution in [3.05, 3.63) is 24.2 Å². The molecule has 0 spiro atoms. The van der Waals surface area contributed by atoms with E-state index in [0.29, 0.717) is 5.76 Å². The van der Waals surface area contributed by atoms with E-state index >= 15 is 0 Å². The lowest BCUT2D eigenvalue weighted by Crippen LogP contribution is -2.66. The summed E-state index contributed by atoms with van der Waals surface area (Å²) in [4.78, 5) is 25.4. The van der Waals surface area contributed by atoms with Crippen LogP contribution in [0.1, 0.15) is 32.6 Å². The summed E-state index contributed by atoms with van der Waals surface area (Å²) in [5, 5.41) is 2.35. The van der Waals surface area contributed by atoms with E-state index in [4.69, 9.17) is 10.2 Å². The van der Waals surface area contributed by atoms with Crippen LogP contribution in [-0.2, 0) is 9.59 Å². The van der Waals surface area contributed by atoms with Crippen LogP contribution < -0.4 is 11.1 Å². The highest BCUT2D eigenvalue weighted by Crippen LogP contribution is 2.32. The molecule has 0 saturated carbocycles. The molecule has 0 radical (unpaired) electrons. The molecular formula is C13H19N3O3. The molecule has 3 N–H and O–H groups in total. The molecule has 0 bridgehead atoms. The number of hydrogen-bond acceptors (Lipinski definition) is 5. The fourth-order valence-electron chi connectivity index (χ4n) is 2.40. The Morgan fingerprint density at radius 2 is 2.16 bits per heavy atom. The fourth-order valence-corrected chi connectivity index (χ4v) is 2.40. The zero-order valence-corrected chi connectivity index (χ0v) is 11.3. The highest BCUT2D eigenvalue weighted by atomic mass is 16.3. The first kappa shape index (κ1) is 13.8. The average Bonchev–Trinajstić information content (AvgIpc) is 2.79. The van der Waals surface area contributed by atoms with E-state index in [-0.39, 0.29) is 30.4 Å². The second-order valence-electron chi connectivity index (χ2n) is 5.38. The quantitative estimate of drug-likeness (QED) is 0.772. The van der Waals surface area contributed by atoms with Gasteiger partial charge in [0.25, 0.3) is 0 Å². The number of nitrogens with two attached hydrogens (primary N) is 1. The Kier molecular flexibility index (Phi) is 3.47. The van der Waals surface area contributed by atoms with Gasteiger partial charge in [0.05, 0.1) is 24.4 Å². The maximum absolute atomic E-state index is 12.0. The van der Waals surface area contributed by atoms with Crippen molar-refractivity contribution in [2.45, 2.75) is 38.4 Å². The number of carbonyl (C=O) groups excluding carboxylic acids is 2. The van der Waals surface area contributed by atoms with Gasteiger partial charge in [0.15, 0.2) is 0 Å². The maximum Gasteiger partial charge on any atom is 0.246 e. The lowest BCUT2D eigenvalue weighted by molar-refractivity contribution is -0.148. The van der Waals surface area contributed by atoms with Crippen LogP contribution in [0.4, 0.5) is 0 Å². The van der Waals surface area contributed by atoms with Crippen molar-refractivity contribution < 1.29 is 14.0 Å². The second-order valence-corrected chi connectivity index (χ2v) is 5.38. The highest BCUT2D eigenvalue weighted by Gasteiger charge is 2.46. The van der Waals surface area contributed by atoms with Gasteiger partial charge >= 0.3 is 0 Å². The molecule has 6 heteroatoms. The minimum atomic E-state index is -0.820. The first-order valence-corrected chi connectivity index (χ1v) is 6.24. The van der Waals surface area contributed by atoms with Gasteiger partial charge in [-0.25, -0.2) is 0 Å². The Morgan fingerprint density at radius 3 is 2.68 bits per heavy atom. The Morgan fingerprint density at radius 1 is 1.47 bits per heavy atom. The number of amides is 2. The summed E-state index contributed by atoms with van der Waals surface area (Å²) in [7, 11) is 0. The summed E-state index contributed by atoms with van der Waals surface area (Å²) >= 11 is 0. The van der Waals surface area contributed by atoms with Gasteiger partial charge in [-0.2, -0.15) is 0 Å². The minimum Gasteiger partial charge on any atom is -0.468 e. The number of piperazine rings is 1. The normalized spacial score (nSPS) is 22.9. The molecule has 19 heavy (non-hydrogen) atoms. The zero-order valence-electron chi connectivity index (χ0n) is 11.3. The van der Waals surface area contributed by atoms with Crippen LogP contribution in [0.5, 0.6) is 0 Å². The Labute approximate surface area is 111 Å². The number of rotatable bonds is 3. The van der Waals surface area contributed by atoms with Crippen molar-refractivity contribution in [1.29, 1.82) is 0 Å². The van der Waals surface area contributed by atoms with Gasteiger partial charge in [-0.1, -0.05) is 0 Å². The monoisotopic (exact) mass is 265 g/mol. The smallest absolute Gasteiger partial charge is 0.246 e. The maximum atomic E-state index is 12.0. The number of carbonyl (C=O) groups is 2. The van der Waals surface area contributed by atoms with E-state index in [1.807, 2.05) is 6.92 Å². The first-order chi connectivity index (χ1) is 8.84. The third-order valence-corrected chi connectivity index (χ3v) is 3.51. The molecule has 1 aliphatic rings. The number of nitrogens with one attached hydrogen (secondary N) is 1. The summed E-state index contributed by atoms with van der Waals surface area (Å²) < 4.78 is 5.41. The van der Waals surface area contributed by atoms with Crippen LogP contribution in [0.2, 0.25) is 0 Å². The lowest BCUT2D eigenvalue weighted by Gasteiger charge is -2.45. The van der Waals surface area contributed by atoms with Crippen molar-refractivity contribution in [2.24, 2.45) is 5.73 Å². The predicted octanol–water partition coefficient (Wildman–Crippen LogP) is 0.405. The standard InChI is InChI=1S/C13H19N3O3/c1-8(14)11(9-5-4-6-19-9)16-7-10(17)15-12(18)13(16,2)3/h4-6,8,11H,7,14H2,1-3H3,(H,15,17,18). The van der Waals surface area contributed by atoms with Crippen LogP contribution in [0, 0.1) is 0 Å². The molecule has 0 aromatic carbocycles. The van der Waals surface area contributed by atoms with Crippen molar-refractivity contribution >= 4 is 11.8 Å². The Balaban J connectivity index is 2.40. The van der Waals surface area contributed by atoms with E-state index in [0.717, 1.165) is 0 Å². The van der Waals surface area contributed by atoms with E-state index in [1.54, 1.807) is 37.1 Å². The fraction of sp³-hybridized carbons (Fsp3) is 0.538. The van der Waals surface area contributed by atoms with Crippen molar-refractivity contribution in [1.82, 2.24) is 10.2 Å². The topological polar surface area (TPSA) is 88.6 Å². The van der Waals surface area contributed by atoms with Crippen LogP contribution in [0.25, 0.3) is 0 Å². The van der Waals surface area contributed by atoms with Gasteiger partial charge in [0.2, 0.25) is 11.8 Å². The van der Waals surface area contributed by atoms with Crippen LogP contribution in [-0.4, -0.2) is 34.8 Å². The average molecular weight is 265 g/mol. The minimum absolute atomic E-state index is 0.117. The van der Waals surface area contributed by atoms with Crippen LogP contribution in [0.15, 0.2) is 22.8 Å². The van der Waals surface area contributed by atoms with Gasteiger partial charge in [0, 0.05) is 6.04 Å². The number of nitrogens with zero attached hydrogens (tertiary/aromatic N) is 1. The molecule has 104 valence electrons. The lowest BCUT2D eigenvalue weighted by atomic mass is 9.93. The molecule has 2 amide bonds. The Hall–Kier alpha value is -1.66. The number of imide groups is 1. The SMILES string of the molecule is CC(N)C(c1ccco1)N1CC(=O)NC(=O)C1(C)C. The molecule has 1 fully saturated rings. The van der Waals surface area contributed by atoms with Crippen molar-refractivity contribution in [3.8, 4) is 0 Å². The molecule has 1 aromatic heterocycles. The molecular weight excluding hydrogens is 246 g/mol. The van der Waals surface area contributed by atoms with E-state index < -0.39 is 5.54 Å². The van der Waals surface area contributed by atoms with Gasteiger partial charge in [-0.05, 0) is 32.9 Å². The van der Waals surface area contributed by atoms with Crippen molar-refractivity contribution in [3.63, 3.8) is 0 Å². The van der Waals surface area contributed by atoms with Gasteiger partial charge < -0.3 is 10.2 Å². The van der Waals surface area contributed by atoms with E-state index in [1.165, 1.54) is 0 Å². The summed E-state index contributed by atoms with van der Waals surface area (Å²) in [6, 6.07) is 2.98. The van der Waals surface area contributed by atoms with Crippen molar-refractivity contribution in [2.75, 3.05) is 6.54 Å². The van der Waals surface area contributed by atoms with Gasteiger partial charge in [0.1, 0.15) is 5.76 Å². The molecule has 2 heterocycles. The molecule has 2 atom stereocenters. The van der Waals surface area contributed by atoms with E-state index in [9.17, 15) is 9.59 Å². The Bertz CT molecular complexity index is 479. The third kappa shape index (κ3) is 2.41. The molecule has 2 unspecified atom stereocenters. The van der Waals surface area contributed by atoms with Crippen LogP contribution in [0.3, 0.4) is 0 Å².